The molecule has 4 rings (SSSR count). The van der Waals surface area contributed by atoms with Gasteiger partial charge in [-0.3, -0.25) is 19.4 Å². The molecule has 2 aromatic heterocycles. The molecule has 6 nitrogen and oxygen atoms in total. The first-order valence-electron chi connectivity index (χ1n) is 9.67. The van der Waals surface area contributed by atoms with Crippen LogP contribution in [-0.4, -0.2) is 56.7 Å². The number of fused-ring (bicyclic) bond motifs is 1. The van der Waals surface area contributed by atoms with Crippen molar-refractivity contribution in [3.05, 3.63) is 47.0 Å². The summed E-state index contributed by atoms with van der Waals surface area (Å²) in [4.78, 5) is 21.9. The van der Waals surface area contributed by atoms with Crippen molar-refractivity contribution >= 4 is 5.91 Å². The number of hydrogen-bond donors (Lipinski definition) is 0. The van der Waals surface area contributed by atoms with Gasteiger partial charge in [0.05, 0.1) is 5.69 Å². The Hall–Kier alpha value is -2.21. The maximum atomic E-state index is 13.2. The molecule has 2 aromatic rings. The Kier molecular flexibility index (Phi) is 5.02. The zero-order valence-electron chi connectivity index (χ0n) is 15.5. The van der Waals surface area contributed by atoms with Crippen molar-refractivity contribution < 1.29 is 4.79 Å². The molecular weight excluding hydrogens is 326 g/mol. The maximum absolute atomic E-state index is 13.2. The predicted octanol–water partition coefficient (Wildman–Crippen LogP) is 2.04. The highest BCUT2D eigenvalue weighted by molar-refractivity contribution is 5.94. The number of nitrogens with zero attached hydrogens (tertiary/aromatic N) is 5. The highest BCUT2D eigenvalue weighted by Crippen LogP contribution is 2.25. The van der Waals surface area contributed by atoms with Crippen molar-refractivity contribution in [3.8, 4) is 0 Å². The summed E-state index contributed by atoms with van der Waals surface area (Å²) < 4.78 is 1.82. The fraction of sp³-hybridized carbons (Fsp3) is 0.550. The number of pyridine rings is 1. The molecule has 26 heavy (non-hydrogen) atoms. The average molecular weight is 353 g/mol. The van der Waals surface area contributed by atoms with E-state index in [9.17, 15) is 4.79 Å². The van der Waals surface area contributed by atoms with Gasteiger partial charge in [-0.05, 0) is 43.7 Å². The Balaban J connectivity index is 1.44. The van der Waals surface area contributed by atoms with Gasteiger partial charge in [0, 0.05) is 57.7 Å². The monoisotopic (exact) mass is 353 g/mol. The smallest absolute Gasteiger partial charge is 0.272 e. The predicted molar refractivity (Wildman–Crippen MR) is 99.9 cm³/mol. The minimum atomic E-state index is 0.159. The molecule has 1 aliphatic carbocycles. The van der Waals surface area contributed by atoms with Crippen LogP contribution in [0.4, 0.5) is 0 Å². The van der Waals surface area contributed by atoms with Gasteiger partial charge in [-0.25, -0.2) is 0 Å². The van der Waals surface area contributed by atoms with E-state index in [1.165, 1.54) is 17.5 Å². The molecule has 1 saturated heterocycles. The summed E-state index contributed by atoms with van der Waals surface area (Å²) in [6.07, 6.45) is 9.09. The molecule has 0 atom stereocenters. The Morgan fingerprint density at radius 2 is 2.00 bits per heavy atom. The van der Waals surface area contributed by atoms with Crippen LogP contribution in [0.1, 0.15) is 46.6 Å². The van der Waals surface area contributed by atoms with Crippen LogP contribution in [0, 0.1) is 0 Å². The van der Waals surface area contributed by atoms with Crippen LogP contribution < -0.4 is 0 Å². The van der Waals surface area contributed by atoms with Gasteiger partial charge in [-0.15, -0.1) is 0 Å². The van der Waals surface area contributed by atoms with Gasteiger partial charge in [0.2, 0.25) is 0 Å². The number of rotatable bonds is 3. The van der Waals surface area contributed by atoms with Crippen molar-refractivity contribution in [1.29, 1.82) is 0 Å². The largest absolute Gasteiger partial charge is 0.336 e. The van der Waals surface area contributed by atoms with Gasteiger partial charge in [-0.1, -0.05) is 6.07 Å². The topological polar surface area (TPSA) is 54.3 Å². The number of aryl methyl sites for hydroxylation is 2. The lowest BCUT2D eigenvalue weighted by Crippen LogP contribution is -2.36. The summed E-state index contributed by atoms with van der Waals surface area (Å²) in [5.74, 6) is 0.159. The number of amides is 1. The molecule has 0 bridgehead atoms. The molecule has 0 saturated carbocycles. The molecule has 0 unspecified atom stereocenters. The number of aromatic nitrogens is 3. The second-order valence-electron chi connectivity index (χ2n) is 7.39. The normalized spacial score (nSPS) is 18.4. The molecule has 3 heterocycles. The third kappa shape index (κ3) is 3.51. The van der Waals surface area contributed by atoms with Crippen LogP contribution in [0.15, 0.2) is 24.5 Å². The summed E-state index contributed by atoms with van der Waals surface area (Å²) in [5, 5.41) is 4.61. The number of carbonyl (C=O) groups excluding carboxylic acids is 1. The molecule has 0 radical (unpaired) electrons. The summed E-state index contributed by atoms with van der Waals surface area (Å²) in [6.45, 7) is 4.42. The third-order valence-corrected chi connectivity index (χ3v) is 5.53. The Morgan fingerprint density at radius 3 is 2.85 bits per heavy atom. The SMILES string of the molecule is Cn1nc2c(c1C(=O)N1CCCN(Cc3cccnc3)CC1)CCCC2. The van der Waals surface area contributed by atoms with Gasteiger partial charge in [0.25, 0.3) is 5.91 Å². The second-order valence-corrected chi connectivity index (χ2v) is 7.39. The highest BCUT2D eigenvalue weighted by Gasteiger charge is 2.28. The maximum Gasteiger partial charge on any atom is 0.272 e. The lowest BCUT2D eigenvalue weighted by Gasteiger charge is -2.23. The van der Waals surface area contributed by atoms with E-state index in [-0.39, 0.29) is 5.91 Å². The molecule has 0 N–H and O–H groups in total. The number of hydrogen-bond acceptors (Lipinski definition) is 4. The van der Waals surface area contributed by atoms with Crippen molar-refractivity contribution in [2.45, 2.75) is 38.6 Å². The molecule has 0 spiro atoms. The zero-order chi connectivity index (χ0) is 17.9. The first kappa shape index (κ1) is 17.2. The summed E-state index contributed by atoms with van der Waals surface area (Å²) in [6, 6.07) is 4.09. The standard InChI is InChI=1S/C20H27N5O/c1-23-19(17-7-2-3-8-18(17)22-23)20(26)25-11-5-10-24(12-13-25)15-16-6-4-9-21-14-16/h4,6,9,14H,2-3,5,7-8,10-13,15H2,1H3. The lowest BCUT2D eigenvalue weighted by atomic mass is 9.95. The van der Waals surface area contributed by atoms with Gasteiger partial charge in [0.1, 0.15) is 5.69 Å². The molecule has 6 heteroatoms. The van der Waals surface area contributed by atoms with E-state index in [2.05, 4.69) is 21.0 Å². The van der Waals surface area contributed by atoms with Gasteiger partial charge in [0.15, 0.2) is 0 Å². The van der Waals surface area contributed by atoms with Crippen LogP contribution in [0.5, 0.6) is 0 Å². The van der Waals surface area contributed by atoms with Gasteiger partial charge < -0.3 is 4.90 Å². The molecule has 2 aliphatic rings. The fourth-order valence-corrected chi connectivity index (χ4v) is 4.18. The van der Waals surface area contributed by atoms with E-state index in [1.807, 2.05) is 28.9 Å². The highest BCUT2D eigenvalue weighted by atomic mass is 16.2. The fourth-order valence-electron chi connectivity index (χ4n) is 4.18. The number of carbonyl (C=O) groups is 1. The second kappa shape index (κ2) is 7.58. The van der Waals surface area contributed by atoms with E-state index in [4.69, 9.17) is 0 Å². The van der Waals surface area contributed by atoms with Crippen LogP contribution in [0.2, 0.25) is 0 Å². The van der Waals surface area contributed by atoms with Crippen LogP contribution in [-0.2, 0) is 26.4 Å². The van der Waals surface area contributed by atoms with Crippen molar-refractivity contribution in [3.63, 3.8) is 0 Å². The summed E-state index contributed by atoms with van der Waals surface area (Å²) in [7, 11) is 1.91. The first-order valence-corrected chi connectivity index (χ1v) is 9.67. The Labute approximate surface area is 154 Å². The summed E-state index contributed by atoms with van der Waals surface area (Å²) in [5.41, 5.74) is 4.38. The lowest BCUT2D eigenvalue weighted by molar-refractivity contribution is 0.0749. The van der Waals surface area contributed by atoms with Crippen molar-refractivity contribution in [2.24, 2.45) is 7.05 Å². The molecule has 0 aromatic carbocycles. The molecule has 138 valence electrons. The molecule has 1 amide bonds. The summed E-state index contributed by atoms with van der Waals surface area (Å²) >= 11 is 0. The Bertz CT molecular complexity index is 770. The van der Waals surface area contributed by atoms with Crippen LogP contribution >= 0.6 is 0 Å². The average Bonchev–Trinajstić information content (AvgIpc) is 2.83. The first-order chi connectivity index (χ1) is 12.7. The van der Waals surface area contributed by atoms with Crippen molar-refractivity contribution in [1.82, 2.24) is 24.6 Å². The minimum absolute atomic E-state index is 0.159. The van der Waals surface area contributed by atoms with E-state index in [1.54, 1.807) is 6.20 Å². The van der Waals surface area contributed by atoms with Crippen LogP contribution in [0.25, 0.3) is 0 Å². The minimum Gasteiger partial charge on any atom is -0.336 e. The zero-order valence-corrected chi connectivity index (χ0v) is 15.5. The molecule has 1 fully saturated rings. The van der Waals surface area contributed by atoms with E-state index in [0.29, 0.717) is 0 Å². The molecular formula is C20H27N5O. The quantitative estimate of drug-likeness (QED) is 0.847. The molecule has 1 aliphatic heterocycles. The van der Waals surface area contributed by atoms with Gasteiger partial charge in [-0.2, -0.15) is 5.10 Å². The van der Waals surface area contributed by atoms with Gasteiger partial charge >= 0.3 is 0 Å². The van der Waals surface area contributed by atoms with E-state index >= 15 is 0 Å². The third-order valence-electron chi connectivity index (χ3n) is 5.53. The van der Waals surface area contributed by atoms with Crippen molar-refractivity contribution in [2.75, 3.05) is 26.2 Å². The van der Waals surface area contributed by atoms with E-state index in [0.717, 1.165) is 69.8 Å². The van der Waals surface area contributed by atoms with Crippen LogP contribution in [0.3, 0.4) is 0 Å². The Morgan fingerprint density at radius 1 is 1.12 bits per heavy atom. The van der Waals surface area contributed by atoms with E-state index < -0.39 is 0 Å².